The molecule has 2 aliphatic rings. The van der Waals surface area contributed by atoms with Crippen LogP contribution in [0.1, 0.15) is 49.3 Å². The lowest BCUT2D eigenvalue weighted by Gasteiger charge is -2.49. The fraction of sp³-hybridized carbons (Fsp3) is 0.435. The summed E-state index contributed by atoms with van der Waals surface area (Å²) in [5.41, 5.74) is -6.29. The molecular weight excluding hydrogens is 423 g/mol. The van der Waals surface area contributed by atoms with E-state index < -0.39 is 35.4 Å². The molecule has 4 rings (SSSR count). The van der Waals surface area contributed by atoms with Crippen LogP contribution in [0.15, 0.2) is 59.6 Å². The highest BCUT2D eigenvalue weighted by Crippen LogP contribution is 2.61. The summed E-state index contributed by atoms with van der Waals surface area (Å²) in [7, 11) is 0. The quantitative estimate of drug-likeness (QED) is 0.456. The average molecular weight is 443 g/mol. The van der Waals surface area contributed by atoms with Gasteiger partial charge in [0, 0.05) is 23.0 Å². The van der Waals surface area contributed by atoms with Crippen LogP contribution in [0.5, 0.6) is 0 Å². The van der Waals surface area contributed by atoms with Gasteiger partial charge in [0.1, 0.15) is 0 Å². The topological polar surface area (TPSA) is 12.4 Å². The van der Waals surface area contributed by atoms with Gasteiger partial charge >= 0.3 is 18.0 Å². The van der Waals surface area contributed by atoms with Crippen molar-refractivity contribution < 1.29 is 30.7 Å². The van der Waals surface area contributed by atoms with Gasteiger partial charge in [-0.15, -0.1) is 0 Å². The molecule has 1 saturated carbocycles. The van der Waals surface area contributed by atoms with Gasteiger partial charge in [-0.2, -0.15) is 26.3 Å². The number of nitrogens with zero attached hydrogens (tertiary/aromatic N) is 1. The van der Waals surface area contributed by atoms with Gasteiger partial charge in [-0.3, -0.25) is 4.99 Å². The summed E-state index contributed by atoms with van der Waals surface area (Å²) >= 11 is 0. The van der Waals surface area contributed by atoms with Crippen molar-refractivity contribution in [1.29, 1.82) is 0 Å². The Labute approximate surface area is 175 Å². The summed E-state index contributed by atoms with van der Waals surface area (Å²) in [4.78, 5) is 4.55. The highest BCUT2D eigenvalue weighted by Gasteiger charge is 2.76. The van der Waals surface area contributed by atoms with Crippen LogP contribution in [-0.4, -0.2) is 29.3 Å². The lowest BCUT2D eigenvalue weighted by Crippen LogP contribution is -2.61. The van der Waals surface area contributed by atoms with Crippen molar-refractivity contribution in [1.82, 2.24) is 0 Å². The van der Waals surface area contributed by atoms with E-state index in [1.54, 1.807) is 61.5 Å². The van der Waals surface area contributed by atoms with Gasteiger partial charge in [0.15, 0.2) is 0 Å². The van der Waals surface area contributed by atoms with Crippen molar-refractivity contribution in [3.8, 4) is 0 Å². The van der Waals surface area contributed by atoms with E-state index in [4.69, 9.17) is 0 Å². The summed E-state index contributed by atoms with van der Waals surface area (Å²) in [6.45, 7) is 1.61. The standard InChI is InChI=1S/C23H20F7N/c1-19-12-7-13-20(19,14-21(24,22(25,26)27)23(28,29)30)31-18(15-8-3-2-4-9-15)16-10-5-6-11-17(16)19/h2-6,8-11H,7,12-14H2,1H3/t19-,20+/m1/s1. The molecule has 0 aromatic heterocycles. The number of fused-ring (bicyclic) bond motifs is 3. The Bertz CT molecular complexity index is 995. The lowest BCUT2D eigenvalue weighted by molar-refractivity contribution is -0.347. The van der Waals surface area contributed by atoms with E-state index >= 15 is 0 Å². The van der Waals surface area contributed by atoms with E-state index in [1.807, 2.05) is 0 Å². The predicted molar refractivity (Wildman–Crippen MR) is 103 cm³/mol. The number of alkyl halides is 7. The van der Waals surface area contributed by atoms with Gasteiger partial charge in [0.25, 0.3) is 0 Å². The minimum absolute atomic E-state index is 0.0635. The molecule has 1 heterocycles. The number of rotatable bonds is 3. The molecule has 8 heteroatoms. The third-order valence-corrected chi connectivity index (χ3v) is 6.88. The molecule has 1 aliphatic carbocycles. The normalized spacial score (nSPS) is 26.3. The molecule has 1 fully saturated rings. The molecule has 0 N–H and O–H groups in total. The van der Waals surface area contributed by atoms with Crippen LogP contribution in [0.2, 0.25) is 0 Å². The Morgan fingerprint density at radius 1 is 0.806 bits per heavy atom. The van der Waals surface area contributed by atoms with Gasteiger partial charge in [0.05, 0.1) is 11.3 Å². The smallest absolute Gasteiger partial charge is 0.276 e. The van der Waals surface area contributed by atoms with Gasteiger partial charge in [-0.05, 0) is 18.4 Å². The van der Waals surface area contributed by atoms with Crippen LogP contribution in [0.25, 0.3) is 0 Å². The molecule has 1 aliphatic heterocycles. The molecule has 2 aromatic carbocycles. The van der Waals surface area contributed by atoms with Crippen molar-refractivity contribution in [2.75, 3.05) is 0 Å². The minimum atomic E-state index is -6.11. The Morgan fingerprint density at radius 2 is 1.39 bits per heavy atom. The van der Waals surface area contributed by atoms with Crippen LogP contribution in [-0.2, 0) is 5.41 Å². The zero-order chi connectivity index (χ0) is 22.7. The van der Waals surface area contributed by atoms with Gasteiger partial charge in [-0.25, -0.2) is 4.39 Å². The molecule has 1 nitrogen and oxygen atoms in total. The predicted octanol–water partition coefficient (Wildman–Crippen LogP) is 6.94. The van der Waals surface area contributed by atoms with E-state index in [1.165, 1.54) is 0 Å². The Morgan fingerprint density at radius 3 is 2.00 bits per heavy atom. The van der Waals surface area contributed by atoms with Crippen molar-refractivity contribution in [2.45, 2.75) is 61.6 Å². The molecular formula is C23H20F7N. The number of benzene rings is 2. The summed E-state index contributed by atoms with van der Waals surface area (Å²) < 4.78 is 96.0. The molecule has 0 spiro atoms. The number of halogens is 7. The first-order valence-corrected chi connectivity index (χ1v) is 9.92. The molecule has 0 amide bonds. The number of hydrogen-bond acceptors (Lipinski definition) is 1. The lowest BCUT2D eigenvalue weighted by atomic mass is 9.61. The third kappa shape index (κ3) is 3.09. The second-order valence-electron chi connectivity index (χ2n) is 8.56. The van der Waals surface area contributed by atoms with E-state index in [2.05, 4.69) is 4.99 Å². The van der Waals surface area contributed by atoms with Crippen LogP contribution in [0, 0.1) is 0 Å². The molecule has 0 unspecified atom stereocenters. The monoisotopic (exact) mass is 443 g/mol. The van der Waals surface area contributed by atoms with Crippen LogP contribution < -0.4 is 0 Å². The van der Waals surface area contributed by atoms with Crippen LogP contribution in [0.4, 0.5) is 30.7 Å². The zero-order valence-corrected chi connectivity index (χ0v) is 16.6. The molecule has 0 saturated heterocycles. The fourth-order valence-electron chi connectivity index (χ4n) is 5.16. The van der Waals surface area contributed by atoms with Gasteiger partial charge in [0.2, 0.25) is 0 Å². The molecule has 2 atom stereocenters. The number of aliphatic imine (C=N–C) groups is 1. The minimum Gasteiger partial charge on any atom is -0.276 e. The Hall–Kier alpha value is -2.38. The third-order valence-electron chi connectivity index (χ3n) is 6.88. The first-order chi connectivity index (χ1) is 14.3. The Balaban J connectivity index is 1.98. The summed E-state index contributed by atoms with van der Waals surface area (Å²) in [5.74, 6) is 0. The summed E-state index contributed by atoms with van der Waals surface area (Å²) in [6.07, 6.45) is -13.4. The van der Waals surface area contributed by atoms with E-state index in [0.29, 0.717) is 35.2 Å². The highest BCUT2D eigenvalue weighted by atomic mass is 19.4. The zero-order valence-electron chi connectivity index (χ0n) is 16.6. The van der Waals surface area contributed by atoms with E-state index in [0.717, 1.165) is 0 Å². The fourth-order valence-corrected chi connectivity index (χ4v) is 5.16. The molecule has 0 bridgehead atoms. The first-order valence-electron chi connectivity index (χ1n) is 9.92. The van der Waals surface area contributed by atoms with E-state index in [9.17, 15) is 30.7 Å². The summed E-state index contributed by atoms with van der Waals surface area (Å²) in [6, 6.07) is 15.4. The van der Waals surface area contributed by atoms with Gasteiger partial charge < -0.3 is 0 Å². The molecule has 31 heavy (non-hydrogen) atoms. The van der Waals surface area contributed by atoms with E-state index in [-0.39, 0.29) is 6.42 Å². The number of hydrogen-bond donors (Lipinski definition) is 0. The van der Waals surface area contributed by atoms with Crippen molar-refractivity contribution in [3.05, 3.63) is 71.3 Å². The highest BCUT2D eigenvalue weighted by molar-refractivity contribution is 6.15. The molecule has 166 valence electrons. The van der Waals surface area contributed by atoms with Crippen LogP contribution in [0.3, 0.4) is 0 Å². The largest absolute Gasteiger partial charge is 0.431 e. The van der Waals surface area contributed by atoms with Crippen LogP contribution >= 0.6 is 0 Å². The maximum atomic E-state index is 15.0. The average Bonchev–Trinajstić information content (AvgIpc) is 3.03. The second-order valence-corrected chi connectivity index (χ2v) is 8.56. The molecule has 2 aromatic rings. The van der Waals surface area contributed by atoms with Gasteiger partial charge in [-0.1, -0.05) is 67.9 Å². The van der Waals surface area contributed by atoms with Crippen molar-refractivity contribution >= 4 is 5.71 Å². The summed E-state index contributed by atoms with van der Waals surface area (Å²) in [5, 5.41) is 0. The second kappa shape index (κ2) is 6.81. The van der Waals surface area contributed by atoms with Crippen molar-refractivity contribution in [3.63, 3.8) is 0 Å². The first kappa shape index (κ1) is 21.8. The SMILES string of the molecule is C[C@]12CCC[C@@]1(CC(F)(C(F)(F)F)C(F)(F)F)N=C(c1ccccc1)c1ccccc12. The van der Waals surface area contributed by atoms with Crippen molar-refractivity contribution in [2.24, 2.45) is 4.99 Å². The maximum Gasteiger partial charge on any atom is 0.431 e. The Kier molecular flexibility index (Phi) is 4.80. The maximum absolute atomic E-state index is 15.0. The molecule has 0 radical (unpaired) electrons.